The van der Waals surface area contributed by atoms with Gasteiger partial charge in [-0.3, -0.25) is 0 Å². The van der Waals surface area contributed by atoms with Crippen LogP contribution in [0, 0.1) is 6.92 Å². The zero-order valence-electron chi connectivity index (χ0n) is 12.1. The van der Waals surface area contributed by atoms with Gasteiger partial charge in [-0.25, -0.2) is 0 Å². The molecular formula is C19H17BO. The smallest absolute Gasteiger partial charge is 0.304 e. The summed E-state index contributed by atoms with van der Waals surface area (Å²) in [6.45, 7) is 2.11. The Morgan fingerprint density at radius 3 is 1.86 bits per heavy atom. The molecular weight excluding hydrogens is 255 g/mol. The number of aryl methyl sites for hydroxylation is 1. The zero-order chi connectivity index (χ0) is 14.7. The van der Waals surface area contributed by atoms with Crippen molar-refractivity contribution in [3.05, 3.63) is 78.4 Å². The Kier molecular flexibility index (Phi) is 3.89. The van der Waals surface area contributed by atoms with Gasteiger partial charge in [0.25, 0.3) is 0 Å². The van der Waals surface area contributed by atoms with E-state index in [0.717, 1.165) is 5.46 Å². The molecule has 0 saturated carbocycles. The van der Waals surface area contributed by atoms with Crippen LogP contribution in [0.25, 0.3) is 22.3 Å². The quantitative estimate of drug-likeness (QED) is 0.725. The van der Waals surface area contributed by atoms with Crippen molar-refractivity contribution in [1.29, 1.82) is 0 Å². The third kappa shape index (κ3) is 3.06. The minimum absolute atomic E-state index is 0.0869. The summed E-state index contributed by atoms with van der Waals surface area (Å²) in [5.41, 5.74) is 7.03. The fourth-order valence-corrected chi connectivity index (χ4v) is 2.51. The molecule has 0 fully saturated rings. The third-order valence-corrected chi connectivity index (χ3v) is 3.68. The van der Waals surface area contributed by atoms with Crippen LogP contribution >= 0.6 is 0 Å². The van der Waals surface area contributed by atoms with Crippen LogP contribution in [-0.4, -0.2) is 12.5 Å². The first-order valence-corrected chi connectivity index (χ1v) is 7.13. The van der Waals surface area contributed by atoms with E-state index >= 15 is 0 Å². The first-order chi connectivity index (χ1) is 10.3. The minimum Gasteiger partial charge on any atom is -0.449 e. The summed E-state index contributed by atoms with van der Waals surface area (Å²) in [6, 6.07) is 25.2. The van der Waals surface area contributed by atoms with Gasteiger partial charge in [0.1, 0.15) is 0 Å². The summed E-state index contributed by atoms with van der Waals surface area (Å²) in [5, 5.41) is 9.12. The summed E-state index contributed by atoms with van der Waals surface area (Å²) >= 11 is 0. The molecule has 0 amide bonds. The maximum Gasteiger partial charge on any atom is 0.304 e. The van der Waals surface area contributed by atoms with Crippen LogP contribution in [-0.2, 0) is 0 Å². The van der Waals surface area contributed by atoms with Crippen LogP contribution < -0.4 is 5.46 Å². The molecule has 0 spiro atoms. The molecule has 0 radical (unpaired) electrons. The molecule has 0 aliphatic rings. The Bertz CT molecular complexity index is 748. The van der Waals surface area contributed by atoms with Crippen LogP contribution in [0.15, 0.2) is 72.8 Å². The topological polar surface area (TPSA) is 20.2 Å². The Morgan fingerprint density at radius 1 is 0.667 bits per heavy atom. The van der Waals surface area contributed by atoms with E-state index in [1.807, 2.05) is 12.1 Å². The van der Waals surface area contributed by atoms with E-state index in [1.165, 1.54) is 27.8 Å². The monoisotopic (exact) mass is 272 g/mol. The molecule has 21 heavy (non-hydrogen) atoms. The first-order valence-electron chi connectivity index (χ1n) is 7.13. The average molecular weight is 272 g/mol. The standard InChI is InChI=1S/C19H17BO/c1-14-4-2-5-16(12-14)18-7-3-6-17(13-18)15-8-10-19(20-21)11-9-15/h2-13,20-21H,1H3. The van der Waals surface area contributed by atoms with Gasteiger partial charge in [0.05, 0.1) is 0 Å². The predicted molar refractivity (Wildman–Crippen MR) is 91.1 cm³/mol. The molecule has 1 nitrogen and oxygen atoms in total. The molecule has 2 heteroatoms. The molecule has 0 bridgehead atoms. The minimum atomic E-state index is 0.0869. The first kappa shape index (κ1) is 13.7. The van der Waals surface area contributed by atoms with Crippen molar-refractivity contribution < 1.29 is 5.02 Å². The van der Waals surface area contributed by atoms with Crippen LogP contribution in [0.3, 0.4) is 0 Å². The number of rotatable bonds is 3. The van der Waals surface area contributed by atoms with E-state index in [0.29, 0.717) is 0 Å². The number of hydrogen-bond donors (Lipinski definition) is 1. The van der Waals surface area contributed by atoms with E-state index in [2.05, 4.69) is 67.6 Å². The van der Waals surface area contributed by atoms with Crippen LogP contribution in [0.5, 0.6) is 0 Å². The zero-order valence-corrected chi connectivity index (χ0v) is 12.1. The van der Waals surface area contributed by atoms with Gasteiger partial charge in [-0.15, -0.1) is 0 Å². The Labute approximate surface area is 126 Å². The number of hydrogen-bond acceptors (Lipinski definition) is 1. The molecule has 0 saturated heterocycles. The Balaban J connectivity index is 1.99. The highest BCUT2D eigenvalue weighted by atomic mass is 16.2. The van der Waals surface area contributed by atoms with Gasteiger partial charge < -0.3 is 5.02 Å². The maximum atomic E-state index is 9.12. The average Bonchev–Trinajstić information content (AvgIpc) is 2.55. The molecule has 0 aromatic heterocycles. The molecule has 0 unspecified atom stereocenters. The van der Waals surface area contributed by atoms with Gasteiger partial charge in [-0.1, -0.05) is 77.8 Å². The molecule has 0 aliphatic carbocycles. The summed E-state index contributed by atoms with van der Waals surface area (Å²) in [4.78, 5) is 0. The Hall–Kier alpha value is -2.32. The summed E-state index contributed by atoms with van der Waals surface area (Å²) in [6.07, 6.45) is 0. The fourth-order valence-electron chi connectivity index (χ4n) is 2.51. The van der Waals surface area contributed by atoms with E-state index in [9.17, 15) is 0 Å². The van der Waals surface area contributed by atoms with Gasteiger partial charge in [0, 0.05) is 0 Å². The van der Waals surface area contributed by atoms with Gasteiger partial charge in [0.15, 0.2) is 0 Å². The van der Waals surface area contributed by atoms with E-state index in [-0.39, 0.29) is 7.48 Å². The van der Waals surface area contributed by atoms with E-state index in [1.54, 1.807) is 0 Å². The summed E-state index contributed by atoms with van der Waals surface area (Å²) < 4.78 is 0. The highest BCUT2D eigenvalue weighted by Gasteiger charge is 2.02. The van der Waals surface area contributed by atoms with Gasteiger partial charge in [0.2, 0.25) is 0 Å². The maximum absolute atomic E-state index is 9.12. The second kappa shape index (κ2) is 5.98. The molecule has 3 rings (SSSR count). The Morgan fingerprint density at radius 2 is 1.24 bits per heavy atom. The van der Waals surface area contributed by atoms with E-state index in [4.69, 9.17) is 5.02 Å². The lowest BCUT2D eigenvalue weighted by Crippen LogP contribution is -2.11. The second-order valence-corrected chi connectivity index (χ2v) is 5.31. The van der Waals surface area contributed by atoms with Gasteiger partial charge >= 0.3 is 7.48 Å². The molecule has 3 aromatic rings. The van der Waals surface area contributed by atoms with Crippen LogP contribution in [0.2, 0.25) is 0 Å². The fraction of sp³-hybridized carbons (Fsp3) is 0.0526. The number of benzene rings is 3. The molecule has 3 aromatic carbocycles. The molecule has 0 atom stereocenters. The lowest BCUT2D eigenvalue weighted by Gasteiger charge is -2.07. The van der Waals surface area contributed by atoms with Crippen molar-refractivity contribution in [2.24, 2.45) is 0 Å². The largest absolute Gasteiger partial charge is 0.449 e. The van der Waals surface area contributed by atoms with Crippen LogP contribution in [0.1, 0.15) is 5.56 Å². The highest BCUT2D eigenvalue weighted by Crippen LogP contribution is 2.26. The second-order valence-electron chi connectivity index (χ2n) is 5.31. The third-order valence-electron chi connectivity index (χ3n) is 3.68. The van der Waals surface area contributed by atoms with Crippen molar-refractivity contribution in [2.75, 3.05) is 0 Å². The van der Waals surface area contributed by atoms with Gasteiger partial charge in [-0.2, -0.15) is 0 Å². The normalized spacial score (nSPS) is 10.4. The van der Waals surface area contributed by atoms with Crippen LogP contribution in [0.4, 0.5) is 0 Å². The van der Waals surface area contributed by atoms with Crippen molar-refractivity contribution >= 4 is 12.9 Å². The van der Waals surface area contributed by atoms with Crippen molar-refractivity contribution in [1.82, 2.24) is 0 Å². The molecule has 1 N–H and O–H groups in total. The van der Waals surface area contributed by atoms with Crippen molar-refractivity contribution in [3.8, 4) is 22.3 Å². The SMILES string of the molecule is Cc1cccc(-c2cccc(-c3ccc(BO)cc3)c2)c1. The molecule has 0 aliphatic heterocycles. The predicted octanol–water partition coefficient (Wildman–Crippen LogP) is 3.30. The summed E-state index contributed by atoms with van der Waals surface area (Å²) in [7, 11) is 0.0869. The van der Waals surface area contributed by atoms with Gasteiger partial charge in [-0.05, 0) is 35.2 Å². The molecule has 102 valence electrons. The lowest BCUT2D eigenvalue weighted by atomic mass is 9.87. The van der Waals surface area contributed by atoms with Crippen molar-refractivity contribution in [2.45, 2.75) is 6.92 Å². The van der Waals surface area contributed by atoms with Crippen molar-refractivity contribution in [3.63, 3.8) is 0 Å². The van der Waals surface area contributed by atoms with E-state index < -0.39 is 0 Å². The molecule has 0 heterocycles. The summed E-state index contributed by atoms with van der Waals surface area (Å²) in [5.74, 6) is 0. The highest BCUT2D eigenvalue weighted by molar-refractivity contribution is 6.45. The lowest BCUT2D eigenvalue weighted by molar-refractivity contribution is 0.615.